The standard InChI is InChI=1S/C9H12BrNO3S/c1-7(6-12)11-15(13,14)9-5-3-2-4-8(9)10/h2-5,7,11-12H,6H2,1H3/t7-/m1/s1. The van der Waals surface area contributed by atoms with Gasteiger partial charge in [-0.15, -0.1) is 0 Å². The van der Waals surface area contributed by atoms with E-state index in [-0.39, 0.29) is 11.5 Å². The monoisotopic (exact) mass is 293 g/mol. The van der Waals surface area contributed by atoms with Crippen LogP contribution in [0.2, 0.25) is 0 Å². The smallest absolute Gasteiger partial charge is 0.242 e. The summed E-state index contributed by atoms with van der Waals surface area (Å²) >= 11 is 3.16. The summed E-state index contributed by atoms with van der Waals surface area (Å²) in [6.07, 6.45) is 0. The van der Waals surface area contributed by atoms with Gasteiger partial charge in [0.1, 0.15) is 0 Å². The van der Waals surface area contributed by atoms with Crippen molar-refractivity contribution < 1.29 is 13.5 Å². The van der Waals surface area contributed by atoms with Gasteiger partial charge in [-0.3, -0.25) is 0 Å². The zero-order valence-corrected chi connectivity index (χ0v) is 10.5. The lowest BCUT2D eigenvalue weighted by Crippen LogP contribution is -2.35. The van der Waals surface area contributed by atoms with Crippen LogP contribution in [0.3, 0.4) is 0 Å². The van der Waals surface area contributed by atoms with Crippen molar-refractivity contribution in [1.82, 2.24) is 4.72 Å². The van der Waals surface area contributed by atoms with Crippen LogP contribution in [0.15, 0.2) is 33.6 Å². The van der Waals surface area contributed by atoms with Gasteiger partial charge in [-0.05, 0) is 35.0 Å². The van der Waals surface area contributed by atoms with Crippen LogP contribution in [-0.4, -0.2) is 26.2 Å². The first kappa shape index (κ1) is 12.6. The molecule has 15 heavy (non-hydrogen) atoms. The van der Waals surface area contributed by atoms with Crippen LogP contribution in [0, 0.1) is 0 Å². The molecule has 1 atom stereocenters. The number of aliphatic hydroxyl groups excluding tert-OH is 1. The number of hydrogen-bond donors (Lipinski definition) is 2. The summed E-state index contributed by atoms with van der Waals surface area (Å²) in [6.45, 7) is 1.36. The van der Waals surface area contributed by atoms with Gasteiger partial charge in [-0.1, -0.05) is 12.1 Å². The van der Waals surface area contributed by atoms with Gasteiger partial charge in [0.2, 0.25) is 10.0 Å². The lowest BCUT2D eigenvalue weighted by Gasteiger charge is -2.12. The quantitative estimate of drug-likeness (QED) is 0.874. The molecule has 0 heterocycles. The average Bonchev–Trinajstić information content (AvgIpc) is 2.17. The first-order valence-corrected chi connectivity index (χ1v) is 6.62. The van der Waals surface area contributed by atoms with E-state index < -0.39 is 16.1 Å². The van der Waals surface area contributed by atoms with E-state index in [0.29, 0.717) is 4.47 Å². The number of sulfonamides is 1. The van der Waals surface area contributed by atoms with Crippen LogP contribution < -0.4 is 4.72 Å². The van der Waals surface area contributed by atoms with Gasteiger partial charge in [-0.2, -0.15) is 0 Å². The first-order chi connectivity index (χ1) is 6.97. The third kappa shape index (κ3) is 3.27. The fourth-order valence-corrected chi connectivity index (χ4v) is 3.27. The molecule has 0 saturated carbocycles. The molecule has 0 radical (unpaired) electrons. The largest absolute Gasteiger partial charge is 0.395 e. The highest BCUT2D eigenvalue weighted by atomic mass is 79.9. The summed E-state index contributed by atoms with van der Waals surface area (Å²) < 4.78 is 26.4. The van der Waals surface area contributed by atoms with E-state index in [2.05, 4.69) is 20.7 Å². The molecular formula is C9H12BrNO3S. The Hall–Kier alpha value is -0.430. The zero-order chi connectivity index (χ0) is 11.5. The predicted octanol–water partition coefficient (Wildman–Crippen LogP) is 1.11. The van der Waals surface area contributed by atoms with Crippen LogP contribution in [-0.2, 0) is 10.0 Å². The molecule has 0 saturated heterocycles. The number of nitrogens with one attached hydrogen (secondary N) is 1. The predicted molar refractivity (Wildman–Crippen MR) is 61.0 cm³/mol. The molecule has 1 aromatic carbocycles. The number of halogens is 1. The molecule has 0 aliphatic carbocycles. The van der Waals surface area contributed by atoms with Crippen molar-refractivity contribution in [3.63, 3.8) is 0 Å². The van der Waals surface area contributed by atoms with Crippen molar-refractivity contribution in [2.75, 3.05) is 6.61 Å². The molecule has 0 aliphatic heterocycles. The SMILES string of the molecule is C[C@H](CO)NS(=O)(=O)c1ccccc1Br. The Morgan fingerprint density at radius 3 is 2.60 bits per heavy atom. The maximum atomic E-state index is 11.8. The first-order valence-electron chi connectivity index (χ1n) is 4.35. The molecule has 0 aromatic heterocycles. The summed E-state index contributed by atoms with van der Waals surface area (Å²) in [5, 5.41) is 8.78. The van der Waals surface area contributed by atoms with Crippen LogP contribution in [0.4, 0.5) is 0 Å². The number of hydrogen-bond acceptors (Lipinski definition) is 3. The number of rotatable bonds is 4. The Balaban J connectivity index is 3.02. The highest BCUT2D eigenvalue weighted by Crippen LogP contribution is 2.20. The van der Waals surface area contributed by atoms with Gasteiger partial charge in [-0.25, -0.2) is 13.1 Å². The summed E-state index contributed by atoms with van der Waals surface area (Å²) in [5.74, 6) is 0. The van der Waals surface area contributed by atoms with Crippen molar-refractivity contribution >= 4 is 26.0 Å². The topological polar surface area (TPSA) is 66.4 Å². The van der Waals surface area contributed by atoms with Crippen LogP contribution in [0.5, 0.6) is 0 Å². The summed E-state index contributed by atoms with van der Waals surface area (Å²) in [7, 11) is -3.56. The van der Waals surface area contributed by atoms with Gasteiger partial charge in [0.15, 0.2) is 0 Å². The molecule has 1 rings (SSSR count). The third-order valence-corrected chi connectivity index (χ3v) is 4.36. The second kappa shape index (κ2) is 5.07. The number of benzene rings is 1. The Morgan fingerprint density at radius 2 is 2.07 bits per heavy atom. The molecule has 84 valence electrons. The van der Waals surface area contributed by atoms with E-state index in [1.54, 1.807) is 25.1 Å². The Labute approximate surface area is 97.5 Å². The molecular weight excluding hydrogens is 282 g/mol. The van der Waals surface area contributed by atoms with Crippen molar-refractivity contribution in [2.45, 2.75) is 17.9 Å². The van der Waals surface area contributed by atoms with Crippen LogP contribution in [0.25, 0.3) is 0 Å². The summed E-state index contributed by atoms with van der Waals surface area (Å²) in [5.41, 5.74) is 0. The molecule has 2 N–H and O–H groups in total. The van der Waals surface area contributed by atoms with E-state index in [0.717, 1.165) is 0 Å². The second-order valence-corrected chi connectivity index (χ2v) is 5.67. The third-order valence-electron chi connectivity index (χ3n) is 1.76. The molecule has 6 heteroatoms. The minimum absolute atomic E-state index is 0.172. The maximum absolute atomic E-state index is 11.8. The van der Waals surface area contributed by atoms with Gasteiger partial charge < -0.3 is 5.11 Å². The average molecular weight is 294 g/mol. The Bertz CT molecular complexity index is 433. The number of aliphatic hydroxyl groups is 1. The highest BCUT2D eigenvalue weighted by Gasteiger charge is 2.18. The van der Waals surface area contributed by atoms with E-state index in [4.69, 9.17) is 5.11 Å². The molecule has 0 spiro atoms. The molecule has 0 aliphatic rings. The lowest BCUT2D eigenvalue weighted by molar-refractivity contribution is 0.265. The Morgan fingerprint density at radius 1 is 1.47 bits per heavy atom. The molecule has 1 aromatic rings. The van der Waals surface area contributed by atoms with Crippen molar-refractivity contribution in [3.05, 3.63) is 28.7 Å². The van der Waals surface area contributed by atoms with Crippen LogP contribution in [0.1, 0.15) is 6.92 Å². The van der Waals surface area contributed by atoms with E-state index >= 15 is 0 Å². The molecule has 0 amide bonds. The summed E-state index contributed by atoms with van der Waals surface area (Å²) in [4.78, 5) is 0.172. The molecule has 0 fully saturated rings. The van der Waals surface area contributed by atoms with E-state index in [9.17, 15) is 8.42 Å². The van der Waals surface area contributed by atoms with Gasteiger partial charge in [0, 0.05) is 10.5 Å². The van der Waals surface area contributed by atoms with E-state index in [1.165, 1.54) is 6.07 Å². The second-order valence-electron chi connectivity index (χ2n) is 3.14. The van der Waals surface area contributed by atoms with Crippen LogP contribution >= 0.6 is 15.9 Å². The minimum Gasteiger partial charge on any atom is -0.395 e. The Kier molecular flexibility index (Phi) is 4.27. The fraction of sp³-hybridized carbons (Fsp3) is 0.333. The summed E-state index contributed by atoms with van der Waals surface area (Å²) in [6, 6.07) is 6.03. The highest BCUT2D eigenvalue weighted by molar-refractivity contribution is 9.10. The normalized spacial score (nSPS) is 13.8. The van der Waals surface area contributed by atoms with Gasteiger partial charge in [0.25, 0.3) is 0 Å². The molecule has 0 unspecified atom stereocenters. The molecule has 0 bridgehead atoms. The zero-order valence-electron chi connectivity index (χ0n) is 8.14. The van der Waals surface area contributed by atoms with E-state index in [1.807, 2.05) is 0 Å². The lowest BCUT2D eigenvalue weighted by atomic mass is 10.4. The van der Waals surface area contributed by atoms with Crippen molar-refractivity contribution in [1.29, 1.82) is 0 Å². The van der Waals surface area contributed by atoms with Crippen molar-refractivity contribution in [2.24, 2.45) is 0 Å². The van der Waals surface area contributed by atoms with Crippen molar-refractivity contribution in [3.8, 4) is 0 Å². The maximum Gasteiger partial charge on any atom is 0.242 e. The molecule has 4 nitrogen and oxygen atoms in total. The minimum atomic E-state index is -3.56. The fourth-order valence-electron chi connectivity index (χ4n) is 1.03. The van der Waals surface area contributed by atoms with Gasteiger partial charge in [0.05, 0.1) is 11.5 Å². The van der Waals surface area contributed by atoms with Gasteiger partial charge >= 0.3 is 0 Å².